The Morgan fingerprint density at radius 1 is 0.742 bits per heavy atom. The summed E-state index contributed by atoms with van der Waals surface area (Å²) in [6.07, 6.45) is 13.5. The number of hydrogen-bond donors (Lipinski definition) is 0. The molecule has 62 heavy (non-hydrogen) atoms. The highest BCUT2D eigenvalue weighted by atomic mass is 32.2. The van der Waals surface area contributed by atoms with E-state index in [1.165, 1.54) is 67.1 Å². The second kappa shape index (κ2) is 18.8. The normalized spacial score (nSPS) is 17.5. The number of nitrogens with zero attached hydrogens (tertiary/aromatic N) is 3. The standard InChI is InChI=1S/C53H50N3O4S2/c1-59-51(57)23-13-31-54-45-33-39-15-9-11-17-41(39)35-47(45)61-49(54)29-27-37-25-26-38(53(37)56(43-19-5-3-6-20-43)44-21-7-4-8-22-44)28-30-50-55(32-14-24-52(58)60-2)46-34-40-16-10-12-18-42(40)36-48(46)62-50/h3-12,15-22,27-30,33-37,53H,13-14,23-26,31-32H2,1-2H3/q+1. The lowest BCUT2D eigenvalue weighted by atomic mass is 9.97. The van der Waals surface area contributed by atoms with Gasteiger partial charge in [0.2, 0.25) is 5.52 Å². The lowest BCUT2D eigenvalue weighted by molar-refractivity contribution is -0.669. The minimum Gasteiger partial charge on any atom is -0.469 e. The van der Waals surface area contributed by atoms with Gasteiger partial charge in [-0.1, -0.05) is 120 Å². The predicted octanol–water partition coefficient (Wildman–Crippen LogP) is 12.4. The van der Waals surface area contributed by atoms with Crippen LogP contribution in [0.3, 0.4) is 0 Å². The number of allylic oxidation sites excluding steroid dienone is 2. The molecule has 1 saturated carbocycles. The van der Waals surface area contributed by atoms with Gasteiger partial charge in [0.25, 0.3) is 5.01 Å². The minimum absolute atomic E-state index is 0.0433. The Morgan fingerprint density at radius 2 is 1.34 bits per heavy atom. The fourth-order valence-electron chi connectivity index (χ4n) is 8.94. The van der Waals surface area contributed by atoms with E-state index in [1.54, 1.807) is 23.1 Å². The Labute approximate surface area is 371 Å². The summed E-state index contributed by atoms with van der Waals surface area (Å²) in [5.74, 6) is -0.174. The molecule has 0 N–H and O–H groups in total. The first-order valence-corrected chi connectivity index (χ1v) is 23.1. The van der Waals surface area contributed by atoms with Gasteiger partial charge in [0.05, 0.1) is 37.4 Å². The van der Waals surface area contributed by atoms with Crippen LogP contribution >= 0.6 is 23.1 Å². The molecule has 0 saturated heterocycles. The molecular formula is C53H50N3O4S2+. The van der Waals surface area contributed by atoms with Crippen molar-refractivity contribution >= 4 is 89.9 Å². The van der Waals surface area contributed by atoms with Crippen molar-refractivity contribution in [2.75, 3.05) is 30.6 Å². The van der Waals surface area contributed by atoms with E-state index < -0.39 is 0 Å². The van der Waals surface area contributed by atoms with Crippen molar-refractivity contribution in [1.82, 2.24) is 0 Å². The number of hydrogen-bond acceptors (Lipinski definition) is 8. The summed E-state index contributed by atoms with van der Waals surface area (Å²) < 4.78 is 13.6. The number of carbonyl (C=O) groups excluding carboxylic acids is 2. The maximum atomic E-state index is 12.2. The second-order valence-corrected chi connectivity index (χ2v) is 18.0. The van der Waals surface area contributed by atoms with E-state index in [9.17, 15) is 9.59 Å². The number of para-hydroxylation sites is 2. The fraction of sp³-hybridized carbons (Fsp3) is 0.226. The molecular weight excluding hydrogens is 807 g/mol. The van der Waals surface area contributed by atoms with Gasteiger partial charge >= 0.3 is 11.9 Å². The molecule has 2 aliphatic rings. The number of esters is 2. The number of benzene rings is 6. The van der Waals surface area contributed by atoms with Gasteiger partial charge in [-0.05, 0) is 94.9 Å². The van der Waals surface area contributed by atoms with Gasteiger partial charge in [-0.25, -0.2) is 0 Å². The van der Waals surface area contributed by atoms with Crippen molar-refractivity contribution in [2.45, 2.75) is 56.0 Å². The zero-order valence-corrected chi connectivity index (χ0v) is 36.7. The van der Waals surface area contributed by atoms with Gasteiger partial charge in [-0.3, -0.25) is 9.59 Å². The minimum atomic E-state index is -0.186. The third-order valence-electron chi connectivity index (χ3n) is 12.0. The van der Waals surface area contributed by atoms with Crippen molar-refractivity contribution in [3.63, 3.8) is 0 Å². The molecule has 6 aromatic carbocycles. The summed E-state index contributed by atoms with van der Waals surface area (Å²) in [6, 6.07) is 47.7. The molecule has 0 spiro atoms. The Kier molecular flexibility index (Phi) is 12.5. The number of thioether (sulfide) groups is 1. The van der Waals surface area contributed by atoms with E-state index in [0.29, 0.717) is 38.8 Å². The highest BCUT2D eigenvalue weighted by molar-refractivity contribution is 8.03. The topological polar surface area (TPSA) is 63.0 Å². The highest BCUT2D eigenvalue weighted by Gasteiger charge is 2.36. The van der Waals surface area contributed by atoms with Crippen LogP contribution in [-0.2, 0) is 25.6 Å². The monoisotopic (exact) mass is 856 g/mol. The zero-order chi connectivity index (χ0) is 42.4. The van der Waals surface area contributed by atoms with E-state index in [2.05, 4.69) is 172 Å². The Balaban J connectivity index is 1.11. The highest BCUT2D eigenvalue weighted by Crippen LogP contribution is 2.49. The summed E-state index contributed by atoms with van der Waals surface area (Å²) in [6.45, 7) is 1.42. The molecule has 1 aliphatic heterocycles. The third-order valence-corrected chi connectivity index (χ3v) is 14.2. The van der Waals surface area contributed by atoms with Gasteiger partial charge in [-0.2, -0.15) is 4.57 Å². The first-order chi connectivity index (χ1) is 30.5. The molecule has 7 aromatic rings. The lowest BCUT2D eigenvalue weighted by Gasteiger charge is -2.35. The maximum Gasteiger partial charge on any atom is 0.305 e. The number of carbonyl (C=O) groups is 2. The Hall–Kier alpha value is -6.16. The van der Waals surface area contributed by atoms with Gasteiger partial charge in [0, 0.05) is 53.7 Å². The molecule has 2 unspecified atom stereocenters. The maximum absolute atomic E-state index is 12.2. The summed E-state index contributed by atoms with van der Waals surface area (Å²) in [5.41, 5.74) is 6.02. The van der Waals surface area contributed by atoms with Crippen molar-refractivity contribution in [3.05, 3.63) is 167 Å². The van der Waals surface area contributed by atoms with Crippen LogP contribution in [0.25, 0.3) is 37.8 Å². The molecule has 2 atom stereocenters. The third kappa shape index (κ3) is 8.78. The summed E-state index contributed by atoms with van der Waals surface area (Å²) >= 11 is 3.61. The van der Waals surface area contributed by atoms with Gasteiger partial charge in [0.1, 0.15) is 4.70 Å². The fourth-order valence-corrected chi connectivity index (χ4v) is 11.2. The molecule has 9 heteroatoms. The van der Waals surface area contributed by atoms with Gasteiger partial charge in [0.15, 0.2) is 6.54 Å². The number of methoxy groups -OCH3 is 2. The number of aromatic nitrogens is 1. The Morgan fingerprint density at radius 3 is 2.00 bits per heavy atom. The number of thiazole rings is 1. The van der Waals surface area contributed by atoms with Crippen molar-refractivity contribution in [2.24, 2.45) is 5.92 Å². The van der Waals surface area contributed by atoms with E-state index in [1.807, 2.05) is 0 Å². The quantitative estimate of drug-likeness (QED) is 0.0797. The van der Waals surface area contributed by atoms with Crippen LogP contribution in [0.15, 0.2) is 167 Å². The van der Waals surface area contributed by atoms with Crippen LogP contribution < -0.4 is 14.4 Å². The molecule has 9 rings (SSSR count). The van der Waals surface area contributed by atoms with Crippen molar-refractivity contribution in [3.8, 4) is 0 Å². The molecule has 1 aliphatic carbocycles. The summed E-state index contributed by atoms with van der Waals surface area (Å²) in [5, 5.41) is 7.17. The number of aryl methyl sites for hydroxylation is 1. The SMILES string of the molecule is COC(=O)CCCN1C(=CC=C2CCC(C=Cc3sc4cc5ccccc5cc4[n+]3CCCC(=O)OC)C2N(c2ccccc2)c2ccccc2)Sc2cc3ccccc3cc21. The lowest BCUT2D eigenvalue weighted by Crippen LogP contribution is -2.36. The van der Waals surface area contributed by atoms with Crippen LogP contribution in [0, 0.1) is 5.92 Å². The molecule has 0 bridgehead atoms. The van der Waals surface area contributed by atoms with Crippen LogP contribution in [0.5, 0.6) is 0 Å². The first kappa shape index (κ1) is 41.2. The van der Waals surface area contributed by atoms with E-state index >= 15 is 0 Å². The molecule has 312 valence electrons. The van der Waals surface area contributed by atoms with Crippen LogP contribution in [0.1, 0.15) is 43.5 Å². The molecule has 2 heterocycles. The summed E-state index contributed by atoms with van der Waals surface area (Å²) in [7, 11) is 2.91. The van der Waals surface area contributed by atoms with Crippen LogP contribution in [-0.4, -0.2) is 38.7 Å². The van der Waals surface area contributed by atoms with Gasteiger partial charge in [-0.15, -0.1) is 0 Å². The number of anilines is 3. The zero-order valence-electron chi connectivity index (χ0n) is 35.1. The molecule has 7 nitrogen and oxygen atoms in total. The average Bonchev–Trinajstić information content (AvgIpc) is 3.98. The van der Waals surface area contributed by atoms with E-state index in [0.717, 1.165) is 29.2 Å². The second-order valence-electron chi connectivity index (χ2n) is 15.8. The van der Waals surface area contributed by atoms with Gasteiger partial charge < -0.3 is 19.3 Å². The average molecular weight is 857 g/mol. The predicted molar refractivity (Wildman–Crippen MR) is 256 cm³/mol. The summed E-state index contributed by atoms with van der Waals surface area (Å²) in [4.78, 5) is 30.5. The Bertz CT molecular complexity index is 2790. The number of fused-ring (bicyclic) bond motifs is 4. The van der Waals surface area contributed by atoms with E-state index in [-0.39, 0.29) is 23.9 Å². The van der Waals surface area contributed by atoms with Crippen molar-refractivity contribution < 1.29 is 23.6 Å². The van der Waals surface area contributed by atoms with Crippen LogP contribution in [0.2, 0.25) is 0 Å². The molecule has 0 amide bonds. The number of ether oxygens (including phenoxy) is 2. The first-order valence-electron chi connectivity index (χ1n) is 21.4. The molecule has 0 radical (unpaired) electrons. The molecule has 1 fully saturated rings. The smallest absolute Gasteiger partial charge is 0.305 e. The number of rotatable bonds is 14. The largest absolute Gasteiger partial charge is 0.469 e. The van der Waals surface area contributed by atoms with Crippen molar-refractivity contribution in [1.29, 1.82) is 0 Å². The molecule has 1 aromatic heterocycles. The van der Waals surface area contributed by atoms with Crippen LogP contribution in [0.4, 0.5) is 17.1 Å². The van der Waals surface area contributed by atoms with E-state index in [4.69, 9.17) is 9.47 Å².